The number of ether oxygens (including phenoxy) is 1. The molecule has 2 rings (SSSR count). The van der Waals surface area contributed by atoms with Crippen LogP contribution in [0.3, 0.4) is 0 Å². The van der Waals surface area contributed by atoms with E-state index in [1.165, 1.54) is 12.1 Å². The molecular formula is C15H19NO5. The summed E-state index contributed by atoms with van der Waals surface area (Å²) < 4.78 is 5.77. The molecule has 21 heavy (non-hydrogen) atoms. The number of benzene rings is 1. The van der Waals surface area contributed by atoms with Crippen molar-refractivity contribution < 1.29 is 19.6 Å². The average molecular weight is 293 g/mol. The van der Waals surface area contributed by atoms with E-state index in [2.05, 4.69) is 13.8 Å². The monoisotopic (exact) mass is 293 g/mol. The number of hydrogen-bond donors (Lipinski definition) is 1. The number of carbonyl (C=O) groups is 1. The van der Waals surface area contributed by atoms with Crippen molar-refractivity contribution in [3.05, 3.63) is 33.9 Å². The van der Waals surface area contributed by atoms with Gasteiger partial charge in [-0.3, -0.25) is 10.1 Å². The van der Waals surface area contributed by atoms with Crippen LogP contribution >= 0.6 is 0 Å². The third-order valence-electron chi connectivity index (χ3n) is 4.25. The molecule has 1 aromatic rings. The molecule has 0 aromatic heterocycles. The van der Waals surface area contributed by atoms with Gasteiger partial charge in [0.1, 0.15) is 0 Å². The van der Waals surface area contributed by atoms with E-state index in [1.54, 1.807) is 0 Å². The lowest BCUT2D eigenvalue weighted by atomic mass is 9.80. The van der Waals surface area contributed by atoms with E-state index in [1.807, 2.05) is 0 Å². The van der Waals surface area contributed by atoms with Crippen LogP contribution in [0.1, 0.15) is 43.5 Å². The van der Waals surface area contributed by atoms with Gasteiger partial charge >= 0.3 is 11.7 Å². The van der Waals surface area contributed by atoms with Gasteiger partial charge in [-0.05, 0) is 43.2 Å². The molecule has 1 N–H and O–H groups in total. The molecule has 1 aromatic carbocycles. The van der Waals surface area contributed by atoms with Gasteiger partial charge in [-0.15, -0.1) is 0 Å². The summed E-state index contributed by atoms with van der Waals surface area (Å²) in [6, 6.07) is 3.76. The van der Waals surface area contributed by atoms with Crippen molar-refractivity contribution in [1.29, 1.82) is 0 Å². The third kappa shape index (κ3) is 3.51. The first-order valence-corrected chi connectivity index (χ1v) is 7.07. The minimum absolute atomic E-state index is 0.0504. The Morgan fingerprint density at radius 1 is 1.33 bits per heavy atom. The molecule has 1 fully saturated rings. The summed E-state index contributed by atoms with van der Waals surface area (Å²) in [5.74, 6) is 0.108. The molecule has 1 aliphatic rings. The van der Waals surface area contributed by atoms with E-state index in [0.29, 0.717) is 11.8 Å². The summed E-state index contributed by atoms with van der Waals surface area (Å²) in [7, 11) is 0. The predicted molar refractivity (Wildman–Crippen MR) is 76.7 cm³/mol. The number of rotatable bonds is 4. The third-order valence-corrected chi connectivity index (χ3v) is 4.25. The minimum Gasteiger partial charge on any atom is -0.483 e. The summed E-state index contributed by atoms with van der Waals surface area (Å²) in [5.41, 5.74) is -0.402. The molecular weight excluding hydrogens is 274 g/mol. The van der Waals surface area contributed by atoms with Gasteiger partial charge in [0.05, 0.1) is 16.6 Å². The predicted octanol–water partition coefficient (Wildman–Crippen LogP) is 3.50. The van der Waals surface area contributed by atoms with E-state index < -0.39 is 10.9 Å². The first-order chi connectivity index (χ1) is 9.88. The highest BCUT2D eigenvalue weighted by Gasteiger charge is 2.28. The Morgan fingerprint density at radius 3 is 2.62 bits per heavy atom. The SMILES string of the molecule is CC1CCC(Oc2ccc(C(=O)O)cc2[N+](=O)[O-])CC1C. The van der Waals surface area contributed by atoms with E-state index in [4.69, 9.17) is 9.84 Å². The maximum Gasteiger partial charge on any atom is 0.335 e. The van der Waals surface area contributed by atoms with Crippen LogP contribution < -0.4 is 4.74 Å². The lowest BCUT2D eigenvalue weighted by Crippen LogP contribution is -2.29. The molecule has 114 valence electrons. The molecule has 0 heterocycles. The average Bonchev–Trinajstić information content (AvgIpc) is 2.43. The molecule has 6 nitrogen and oxygen atoms in total. The molecule has 1 aliphatic carbocycles. The number of hydrogen-bond acceptors (Lipinski definition) is 4. The summed E-state index contributed by atoms with van der Waals surface area (Å²) in [6.45, 7) is 4.35. The van der Waals surface area contributed by atoms with Crippen molar-refractivity contribution in [2.24, 2.45) is 11.8 Å². The van der Waals surface area contributed by atoms with Gasteiger partial charge < -0.3 is 9.84 Å². The second-order valence-electron chi connectivity index (χ2n) is 5.75. The fraction of sp³-hybridized carbons (Fsp3) is 0.533. The maximum atomic E-state index is 11.1. The Kier molecular flexibility index (Phi) is 4.45. The van der Waals surface area contributed by atoms with Gasteiger partial charge in [0, 0.05) is 6.07 Å². The molecule has 3 unspecified atom stereocenters. The Morgan fingerprint density at radius 2 is 2.05 bits per heavy atom. The van der Waals surface area contributed by atoms with Gasteiger partial charge in [0.25, 0.3) is 0 Å². The van der Waals surface area contributed by atoms with E-state index in [-0.39, 0.29) is 23.1 Å². The van der Waals surface area contributed by atoms with Crippen molar-refractivity contribution >= 4 is 11.7 Å². The quantitative estimate of drug-likeness (QED) is 0.677. The lowest BCUT2D eigenvalue weighted by Gasteiger charge is -2.32. The van der Waals surface area contributed by atoms with Crippen LogP contribution in [-0.4, -0.2) is 22.1 Å². The molecule has 3 atom stereocenters. The van der Waals surface area contributed by atoms with Gasteiger partial charge in [0.15, 0.2) is 5.75 Å². The van der Waals surface area contributed by atoms with Crippen LogP contribution in [0.4, 0.5) is 5.69 Å². The Bertz CT molecular complexity index is 557. The fourth-order valence-corrected chi connectivity index (χ4v) is 2.68. The summed E-state index contributed by atoms with van der Waals surface area (Å²) >= 11 is 0. The number of carboxylic acid groups (broad SMARTS) is 1. The molecule has 0 saturated heterocycles. The van der Waals surface area contributed by atoms with Crippen LogP contribution in [0.25, 0.3) is 0 Å². The second kappa shape index (κ2) is 6.11. The molecule has 0 bridgehead atoms. The number of aromatic carboxylic acids is 1. The van der Waals surface area contributed by atoms with Crippen molar-refractivity contribution in [1.82, 2.24) is 0 Å². The standard InChI is InChI=1S/C15H19NO5/c1-9-3-5-12(7-10(9)2)21-14-6-4-11(15(17)18)8-13(14)16(19)20/h4,6,8-10,12H,3,5,7H2,1-2H3,(H,17,18). The zero-order valence-corrected chi connectivity index (χ0v) is 12.1. The van der Waals surface area contributed by atoms with Gasteiger partial charge in [0.2, 0.25) is 0 Å². The van der Waals surface area contributed by atoms with Crippen molar-refractivity contribution in [3.63, 3.8) is 0 Å². The lowest BCUT2D eigenvalue weighted by molar-refractivity contribution is -0.386. The normalized spacial score (nSPS) is 25.3. The van der Waals surface area contributed by atoms with Crippen LogP contribution in [0.15, 0.2) is 18.2 Å². The fourth-order valence-electron chi connectivity index (χ4n) is 2.68. The molecule has 6 heteroatoms. The Labute approximate surface area is 122 Å². The van der Waals surface area contributed by atoms with Crippen molar-refractivity contribution in [3.8, 4) is 5.75 Å². The Hall–Kier alpha value is -2.11. The van der Waals surface area contributed by atoms with E-state index in [9.17, 15) is 14.9 Å². The van der Waals surface area contributed by atoms with E-state index >= 15 is 0 Å². The molecule has 0 spiro atoms. The summed E-state index contributed by atoms with van der Waals surface area (Å²) in [4.78, 5) is 21.4. The van der Waals surface area contributed by atoms with Crippen LogP contribution in [0, 0.1) is 22.0 Å². The van der Waals surface area contributed by atoms with E-state index in [0.717, 1.165) is 25.3 Å². The minimum atomic E-state index is -1.19. The second-order valence-corrected chi connectivity index (χ2v) is 5.75. The van der Waals surface area contributed by atoms with Crippen molar-refractivity contribution in [2.75, 3.05) is 0 Å². The number of nitro groups is 1. The topological polar surface area (TPSA) is 89.7 Å². The van der Waals surface area contributed by atoms with Gasteiger partial charge in [-0.1, -0.05) is 13.8 Å². The van der Waals surface area contributed by atoms with Crippen LogP contribution in [-0.2, 0) is 0 Å². The van der Waals surface area contributed by atoms with Gasteiger partial charge in [-0.25, -0.2) is 4.79 Å². The Balaban J connectivity index is 2.19. The number of nitrogens with zero attached hydrogens (tertiary/aromatic N) is 1. The molecule has 0 radical (unpaired) electrons. The highest BCUT2D eigenvalue weighted by atomic mass is 16.6. The summed E-state index contributed by atoms with van der Waals surface area (Å²) in [5, 5.41) is 20.0. The first-order valence-electron chi connectivity index (χ1n) is 7.07. The van der Waals surface area contributed by atoms with Crippen molar-refractivity contribution in [2.45, 2.75) is 39.2 Å². The number of nitro benzene ring substituents is 1. The zero-order valence-electron chi connectivity index (χ0n) is 12.1. The zero-order chi connectivity index (χ0) is 15.6. The van der Waals surface area contributed by atoms with Crippen LogP contribution in [0.5, 0.6) is 5.75 Å². The molecule has 1 saturated carbocycles. The van der Waals surface area contributed by atoms with Crippen LogP contribution in [0.2, 0.25) is 0 Å². The smallest absolute Gasteiger partial charge is 0.335 e. The largest absolute Gasteiger partial charge is 0.483 e. The highest BCUT2D eigenvalue weighted by molar-refractivity contribution is 5.88. The summed E-state index contributed by atoms with van der Waals surface area (Å²) in [6.07, 6.45) is 2.71. The highest BCUT2D eigenvalue weighted by Crippen LogP contribution is 2.35. The molecule has 0 aliphatic heterocycles. The maximum absolute atomic E-state index is 11.1. The molecule has 0 amide bonds. The number of carboxylic acids is 1. The first kappa shape index (κ1) is 15.3. The van der Waals surface area contributed by atoms with Gasteiger partial charge in [-0.2, -0.15) is 0 Å².